The van der Waals surface area contributed by atoms with Gasteiger partial charge in [-0.05, 0) is 97.6 Å². The smallest absolute Gasteiger partial charge is 0.350 e. The number of hydrogen-bond acceptors (Lipinski definition) is 14. The van der Waals surface area contributed by atoms with Gasteiger partial charge in [-0.25, -0.2) is 19.2 Å². The number of esters is 4. The summed E-state index contributed by atoms with van der Waals surface area (Å²) in [5.74, 6) is -8.59. The molecule has 4 rings (SSSR count). The van der Waals surface area contributed by atoms with Gasteiger partial charge in [-0.15, -0.1) is 0 Å². The Balaban J connectivity index is 1.47. The van der Waals surface area contributed by atoms with Crippen LogP contribution >= 0.6 is 0 Å². The van der Waals surface area contributed by atoms with E-state index in [0.717, 1.165) is 24.6 Å². The van der Waals surface area contributed by atoms with Gasteiger partial charge in [0.1, 0.15) is 11.6 Å². The number of hydrogen-bond donors (Lipinski definition) is 4. The number of fused-ring (bicyclic) bond motifs is 1. The van der Waals surface area contributed by atoms with Gasteiger partial charge >= 0.3 is 29.8 Å². The highest BCUT2D eigenvalue weighted by atomic mass is 16.6. The average Bonchev–Trinajstić information content (AvgIpc) is 3.27. The fourth-order valence-electron chi connectivity index (χ4n) is 6.59. The minimum atomic E-state index is -2.05. The SMILES string of the molecule is CC(OC(=O)C(C)(C)CC(=O)C(Cc1ccc(C(=O)c2ccccc2)cc1)NC(=O)C(C)(C)OC(=O)C(C)OC(=O)C(C)(C)OC(=O)C(Cc1ccc2ccccc2c1)NC(=O)C(C)(C)O)C(=O)O. The van der Waals surface area contributed by atoms with Gasteiger partial charge in [0.2, 0.25) is 5.60 Å². The van der Waals surface area contributed by atoms with Gasteiger partial charge in [0.25, 0.3) is 11.8 Å². The van der Waals surface area contributed by atoms with Crippen molar-refractivity contribution in [2.24, 2.45) is 5.41 Å². The molecule has 4 unspecified atom stereocenters. The van der Waals surface area contributed by atoms with Crippen molar-refractivity contribution in [3.05, 3.63) is 119 Å². The molecule has 0 aromatic heterocycles. The van der Waals surface area contributed by atoms with Gasteiger partial charge in [0.15, 0.2) is 29.4 Å². The number of amides is 2. The van der Waals surface area contributed by atoms with Crippen LogP contribution in [0, 0.1) is 5.41 Å². The maximum Gasteiger partial charge on any atom is 0.350 e. The van der Waals surface area contributed by atoms with E-state index in [0.29, 0.717) is 22.3 Å². The lowest BCUT2D eigenvalue weighted by Crippen LogP contribution is -2.54. The Hall–Kier alpha value is -7.27. The second-order valence-corrected chi connectivity index (χ2v) is 18.9. The normalized spacial score (nSPS) is 13.7. The zero-order valence-corrected chi connectivity index (χ0v) is 40.4. The third-order valence-corrected chi connectivity index (χ3v) is 11.0. The summed E-state index contributed by atoms with van der Waals surface area (Å²) in [6.45, 7) is 12.4. The van der Waals surface area contributed by atoms with Crippen molar-refractivity contribution < 1.29 is 72.3 Å². The summed E-state index contributed by atoms with van der Waals surface area (Å²) in [5, 5.41) is 26.4. The maximum atomic E-state index is 14.0. The van der Waals surface area contributed by atoms with Crippen LogP contribution in [-0.4, -0.2) is 105 Å². The van der Waals surface area contributed by atoms with Gasteiger partial charge in [0.05, 0.1) is 11.5 Å². The molecular weight excluding hydrogens is 893 g/mol. The van der Waals surface area contributed by atoms with E-state index in [4.69, 9.17) is 18.9 Å². The molecule has 17 nitrogen and oxygen atoms in total. The fraction of sp³-hybridized carbons (Fsp3) is 0.404. The summed E-state index contributed by atoms with van der Waals surface area (Å²) in [5.41, 5.74) is -5.56. The third-order valence-electron chi connectivity index (χ3n) is 11.0. The summed E-state index contributed by atoms with van der Waals surface area (Å²) in [6, 6.07) is 25.0. The van der Waals surface area contributed by atoms with Crippen LogP contribution in [0.25, 0.3) is 10.8 Å². The lowest BCUT2D eigenvalue weighted by atomic mass is 9.84. The van der Waals surface area contributed by atoms with Crippen LogP contribution in [0.15, 0.2) is 97.1 Å². The van der Waals surface area contributed by atoms with Gasteiger partial charge in [-0.3, -0.25) is 24.0 Å². The topological polar surface area (TPSA) is 255 Å². The standard InChI is InChI=1S/C52H60N2O15/c1-30(42(57)58)66-47(63)49(3,4)29-40(55)38(27-32-20-24-36(25-21-32)41(56)35-17-12-11-13-18-35)53-46(62)51(7,8)68-43(59)31(2)67-48(64)52(9,10)69-44(60)39(54-45(61)50(5,6)65)28-33-22-23-34-16-14-15-19-37(34)26-33/h11-26,30-31,38-39,65H,27-29H2,1-10H3,(H,53,62)(H,54,61)(H,57,58). The number of aliphatic hydroxyl groups is 1. The summed E-state index contributed by atoms with van der Waals surface area (Å²) >= 11 is 0. The summed E-state index contributed by atoms with van der Waals surface area (Å²) in [7, 11) is 0. The van der Waals surface area contributed by atoms with E-state index in [1.54, 1.807) is 60.7 Å². The van der Waals surface area contributed by atoms with E-state index in [1.165, 1.54) is 55.4 Å². The number of ether oxygens (including phenoxy) is 4. The molecule has 0 saturated carbocycles. The monoisotopic (exact) mass is 952 g/mol. The minimum Gasteiger partial charge on any atom is -0.479 e. The molecule has 17 heteroatoms. The van der Waals surface area contributed by atoms with Crippen LogP contribution in [-0.2, 0) is 70.1 Å². The van der Waals surface area contributed by atoms with E-state index in [1.807, 2.05) is 36.4 Å². The van der Waals surface area contributed by atoms with Crippen molar-refractivity contribution in [3.8, 4) is 0 Å². The highest BCUT2D eigenvalue weighted by Gasteiger charge is 2.43. The molecular formula is C52H60N2O15. The summed E-state index contributed by atoms with van der Waals surface area (Å²) in [4.78, 5) is 119. The van der Waals surface area contributed by atoms with Crippen molar-refractivity contribution in [2.75, 3.05) is 0 Å². The van der Waals surface area contributed by atoms with Gasteiger partial charge in [0, 0.05) is 24.0 Å². The van der Waals surface area contributed by atoms with Crippen LogP contribution in [0.3, 0.4) is 0 Å². The Kier molecular flexibility index (Phi) is 17.5. The van der Waals surface area contributed by atoms with Crippen LogP contribution < -0.4 is 10.6 Å². The molecule has 0 aliphatic carbocycles. The van der Waals surface area contributed by atoms with E-state index in [2.05, 4.69) is 10.6 Å². The minimum absolute atomic E-state index is 0.0820. The average molecular weight is 953 g/mol. The lowest BCUT2D eigenvalue weighted by molar-refractivity contribution is -0.191. The summed E-state index contributed by atoms with van der Waals surface area (Å²) in [6.07, 6.45) is -3.94. The van der Waals surface area contributed by atoms with E-state index < -0.39 is 100 Å². The first-order valence-corrected chi connectivity index (χ1v) is 22.1. The molecule has 2 amide bonds. The number of carbonyl (C=O) groups is 9. The van der Waals surface area contributed by atoms with Crippen molar-refractivity contribution in [2.45, 2.75) is 130 Å². The third kappa shape index (κ3) is 15.1. The number of benzene rings is 4. The Morgan fingerprint density at radius 3 is 1.65 bits per heavy atom. The number of nitrogens with one attached hydrogen (secondary N) is 2. The molecule has 4 N–H and O–H groups in total. The maximum absolute atomic E-state index is 14.0. The predicted molar refractivity (Wildman–Crippen MR) is 250 cm³/mol. The molecule has 0 aliphatic heterocycles. The molecule has 69 heavy (non-hydrogen) atoms. The van der Waals surface area contributed by atoms with Crippen molar-refractivity contribution in [1.82, 2.24) is 10.6 Å². The van der Waals surface area contributed by atoms with Gasteiger partial charge in [-0.1, -0.05) is 97.1 Å². The highest BCUT2D eigenvalue weighted by Crippen LogP contribution is 2.26. The number of carbonyl (C=O) groups excluding carboxylic acids is 8. The number of Topliss-reactive ketones (excluding diaryl/α,β-unsaturated/α-hetero) is 1. The number of ketones is 2. The molecule has 0 radical (unpaired) electrons. The summed E-state index contributed by atoms with van der Waals surface area (Å²) < 4.78 is 21.4. The zero-order valence-electron chi connectivity index (χ0n) is 40.4. The van der Waals surface area contributed by atoms with E-state index >= 15 is 0 Å². The quantitative estimate of drug-likeness (QED) is 0.0450. The largest absolute Gasteiger partial charge is 0.479 e. The first kappa shape index (κ1) is 54.3. The van der Waals surface area contributed by atoms with E-state index in [-0.39, 0.29) is 18.6 Å². The van der Waals surface area contributed by atoms with E-state index in [9.17, 15) is 53.4 Å². The van der Waals surface area contributed by atoms with Crippen molar-refractivity contribution in [1.29, 1.82) is 0 Å². The van der Waals surface area contributed by atoms with Gasteiger partial charge in [-0.2, -0.15) is 0 Å². The van der Waals surface area contributed by atoms with Gasteiger partial charge < -0.3 is 39.8 Å². The molecule has 4 aromatic carbocycles. The second kappa shape index (κ2) is 22.2. The van der Waals surface area contributed by atoms with Crippen LogP contribution in [0.1, 0.15) is 103 Å². The molecule has 0 saturated heterocycles. The molecule has 0 bridgehead atoms. The molecule has 0 fully saturated rings. The van der Waals surface area contributed by atoms with Crippen molar-refractivity contribution >= 4 is 64.0 Å². The Morgan fingerprint density at radius 2 is 1.06 bits per heavy atom. The molecule has 368 valence electrons. The van der Waals surface area contributed by atoms with Crippen LogP contribution in [0.4, 0.5) is 0 Å². The molecule has 4 aromatic rings. The predicted octanol–water partition coefficient (Wildman–Crippen LogP) is 5.17. The second-order valence-electron chi connectivity index (χ2n) is 18.9. The van der Waals surface area contributed by atoms with Crippen molar-refractivity contribution in [3.63, 3.8) is 0 Å². The molecule has 4 atom stereocenters. The Bertz CT molecular complexity index is 2580. The Morgan fingerprint density at radius 1 is 0.551 bits per heavy atom. The lowest BCUT2D eigenvalue weighted by Gasteiger charge is -2.30. The number of carboxylic acid groups (broad SMARTS) is 1. The number of aliphatic carboxylic acids is 1. The first-order valence-electron chi connectivity index (χ1n) is 22.1. The van der Waals surface area contributed by atoms with Crippen LogP contribution in [0.5, 0.6) is 0 Å². The number of carboxylic acids is 1. The zero-order chi connectivity index (χ0) is 51.6. The Labute approximate surface area is 400 Å². The highest BCUT2D eigenvalue weighted by molar-refractivity contribution is 6.09. The number of rotatable bonds is 22. The first-order chi connectivity index (χ1) is 32.0. The van der Waals surface area contributed by atoms with Crippen LogP contribution in [0.2, 0.25) is 0 Å². The molecule has 0 heterocycles. The molecule has 0 aliphatic rings. The molecule has 0 spiro atoms. The fourth-order valence-corrected chi connectivity index (χ4v) is 6.59.